The molecule has 0 unspecified atom stereocenters. The summed E-state index contributed by atoms with van der Waals surface area (Å²) in [7, 11) is 1.56. The summed E-state index contributed by atoms with van der Waals surface area (Å²) in [6.45, 7) is 3.43. The Labute approximate surface area is 190 Å². The predicted octanol–water partition coefficient (Wildman–Crippen LogP) is 4.47. The highest BCUT2D eigenvalue weighted by Crippen LogP contribution is 2.30. The monoisotopic (exact) mass is 454 g/mol. The second kappa shape index (κ2) is 10.2. The number of nitrogens with zero attached hydrogens (tertiary/aromatic N) is 1. The van der Waals surface area contributed by atoms with Crippen LogP contribution in [0.25, 0.3) is 17.0 Å². The van der Waals surface area contributed by atoms with Crippen LogP contribution in [0.1, 0.15) is 40.3 Å². The van der Waals surface area contributed by atoms with E-state index in [-0.39, 0.29) is 30.7 Å². The molecule has 2 aromatic carbocycles. The summed E-state index contributed by atoms with van der Waals surface area (Å²) in [5.41, 5.74) is 1.73. The maximum absolute atomic E-state index is 12.7. The first-order valence-corrected chi connectivity index (χ1v) is 10.3. The van der Waals surface area contributed by atoms with Crippen LogP contribution in [0.3, 0.4) is 0 Å². The smallest absolute Gasteiger partial charge is 0.356 e. The molecule has 0 aliphatic rings. The zero-order chi connectivity index (χ0) is 23.3. The Hall–Kier alpha value is -3.58. The lowest BCUT2D eigenvalue weighted by atomic mass is 10.1. The summed E-state index contributed by atoms with van der Waals surface area (Å²) >= 11 is 6.12. The molecule has 0 saturated carbocycles. The molecule has 1 heterocycles. The normalized spacial score (nSPS) is 11.0. The van der Waals surface area contributed by atoms with Crippen molar-refractivity contribution in [2.24, 2.45) is 0 Å². The molecule has 1 amide bonds. The number of fused-ring (bicyclic) bond motifs is 1. The van der Waals surface area contributed by atoms with E-state index in [4.69, 9.17) is 21.1 Å². The molecule has 0 saturated heterocycles. The molecule has 0 bridgehead atoms. The summed E-state index contributed by atoms with van der Waals surface area (Å²) in [5, 5.41) is 3.80. The first-order valence-electron chi connectivity index (χ1n) is 9.97. The van der Waals surface area contributed by atoms with Crippen molar-refractivity contribution in [1.82, 2.24) is 9.88 Å². The standard InChI is InChI=1S/C24H23ClN2O5/c1-4-32-24(30)23-19(18-10-9-17(25)13-20(18)27(23)15(2)28)11-12-22(29)26-14-16-7-5-6-8-21(16)31-3/h5-13H,4,14H2,1-3H3,(H,26,29)/b12-11+. The Morgan fingerprint density at radius 1 is 1.16 bits per heavy atom. The van der Waals surface area contributed by atoms with E-state index < -0.39 is 5.97 Å². The van der Waals surface area contributed by atoms with Gasteiger partial charge in [0.1, 0.15) is 11.4 Å². The lowest BCUT2D eigenvalue weighted by molar-refractivity contribution is -0.116. The van der Waals surface area contributed by atoms with E-state index >= 15 is 0 Å². The lowest BCUT2D eigenvalue weighted by Gasteiger charge is -2.08. The fourth-order valence-electron chi connectivity index (χ4n) is 3.43. The largest absolute Gasteiger partial charge is 0.496 e. The fraction of sp³-hybridized carbons (Fsp3) is 0.208. The molecule has 0 atom stereocenters. The highest BCUT2D eigenvalue weighted by molar-refractivity contribution is 6.31. The van der Waals surface area contributed by atoms with Crippen LogP contribution in [0.15, 0.2) is 48.5 Å². The average Bonchev–Trinajstić information content (AvgIpc) is 3.10. The summed E-state index contributed by atoms with van der Waals surface area (Å²) in [5.74, 6) is -0.740. The number of esters is 1. The first-order chi connectivity index (χ1) is 15.4. The van der Waals surface area contributed by atoms with Crippen molar-refractivity contribution in [3.8, 4) is 5.75 Å². The summed E-state index contributed by atoms with van der Waals surface area (Å²) in [6, 6.07) is 12.3. The summed E-state index contributed by atoms with van der Waals surface area (Å²) in [6.07, 6.45) is 2.81. The number of para-hydroxylation sites is 1. The minimum atomic E-state index is -0.663. The Bertz CT molecular complexity index is 1210. The van der Waals surface area contributed by atoms with E-state index in [0.717, 1.165) is 5.56 Å². The van der Waals surface area contributed by atoms with E-state index in [0.29, 0.717) is 27.2 Å². The number of amides is 1. The minimum absolute atomic E-state index is 0.0467. The Morgan fingerprint density at radius 2 is 1.91 bits per heavy atom. The molecule has 0 spiro atoms. The van der Waals surface area contributed by atoms with E-state index in [1.165, 1.54) is 23.6 Å². The van der Waals surface area contributed by atoms with Gasteiger partial charge in [-0.05, 0) is 31.2 Å². The molecule has 7 nitrogen and oxygen atoms in total. The first kappa shape index (κ1) is 23.1. The second-order valence-electron chi connectivity index (χ2n) is 6.86. The van der Waals surface area contributed by atoms with Gasteiger partial charge < -0.3 is 14.8 Å². The van der Waals surface area contributed by atoms with Crippen LogP contribution >= 0.6 is 11.6 Å². The number of benzene rings is 2. The SMILES string of the molecule is CCOC(=O)c1c(/C=C/C(=O)NCc2ccccc2OC)c2ccc(Cl)cc2n1C(C)=O. The van der Waals surface area contributed by atoms with Crippen LogP contribution in [0.4, 0.5) is 0 Å². The molecule has 1 aromatic heterocycles. The zero-order valence-electron chi connectivity index (χ0n) is 18.0. The van der Waals surface area contributed by atoms with Crippen molar-refractivity contribution < 1.29 is 23.9 Å². The van der Waals surface area contributed by atoms with Gasteiger partial charge in [0.2, 0.25) is 11.8 Å². The van der Waals surface area contributed by atoms with Crippen LogP contribution in [-0.2, 0) is 16.1 Å². The van der Waals surface area contributed by atoms with Gasteiger partial charge in [-0.25, -0.2) is 4.79 Å². The van der Waals surface area contributed by atoms with Crippen LogP contribution in [-0.4, -0.2) is 36.1 Å². The summed E-state index contributed by atoms with van der Waals surface area (Å²) in [4.78, 5) is 37.5. The van der Waals surface area contributed by atoms with Crippen molar-refractivity contribution in [2.45, 2.75) is 20.4 Å². The number of hydrogen-bond donors (Lipinski definition) is 1. The van der Waals surface area contributed by atoms with Crippen molar-refractivity contribution in [2.75, 3.05) is 13.7 Å². The Balaban J connectivity index is 1.97. The van der Waals surface area contributed by atoms with Crippen LogP contribution in [0, 0.1) is 0 Å². The van der Waals surface area contributed by atoms with E-state index in [2.05, 4.69) is 5.32 Å². The van der Waals surface area contributed by atoms with Gasteiger partial charge in [-0.15, -0.1) is 0 Å². The van der Waals surface area contributed by atoms with Crippen LogP contribution in [0.2, 0.25) is 5.02 Å². The molecule has 0 aliphatic heterocycles. The van der Waals surface area contributed by atoms with Crippen molar-refractivity contribution in [1.29, 1.82) is 0 Å². The third kappa shape index (κ3) is 4.84. The van der Waals surface area contributed by atoms with Crippen molar-refractivity contribution >= 4 is 46.4 Å². The number of halogens is 1. The lowest BCUT2D eigenvalue weighted by Crippen LogP contribution is -2.20. The molecular formula is C24H23ClN2O5. The van der Waals surface area contributed by atoms with Gasteiger partial charge in [0, 0.05) is 41.1 Å². The molecule has 3 rings (SSSR count). The number of nitrogens with one attached hydrogen (secondary N) is 1. The third-order valence-corrected chi connectivity index (χ3v) is 5.04. The highest BCUT2D eigenvalue weighted by Gasteiger charge is 2.25. The van der Waals surface area contributed by atoms with E-state index in [1.54, 1.807) is 32.2 Å². The van der Waals surface area contributed by atoms with E-state index in [9.17, 15) is 14.4 Å². The Morgan fingerprint density at radius 3 is 2.59 bits per heavy atom. The van der Waals surface area contributed by atoms with Gasteiger partial charge in [0.25, 0.3) is 0 Å². The minimum Gasteiger partial charge on any atom is -0.496 e. The molecule has 1 N–H and O–H groups in total. The number of rotatable bonds is 7. The quantitative estimate of drug-likeness (QED) is 0.420. The van der Waals surface area contributed by atoms with Gasteiger partial charge in [-0.1, -0.05) is 35.9 Å². The molecular weight excluding hydrogens is 432 g/mol. The zero-order valence-corrected chi connectivity index (χ0v) is 18.7. The highest BCUT2D eigenvalue weighted by atomic mass is 35.5. The van der Waals surface area contributed by atoms with Gasteiger partial charge in [-0.2, -0.15) is 0 Å². The molecule has 0 aliphatic carbocycles. The number of carbonyl (C=O) groups is 3. The van der Waals surface area contributed by atoms with Crippen molar-refractivity contribution in [3.63, 3.8) is 0 Å². The molecule has 166 valence electrons. The second-order valence-corrected chi connectivity index (χ2v) is 7.30. The number of hydrogen-bond acceptors (Lipinski definition) is 5. The van der Waals surface area contributed by atoms with Gasteiger partial charge in [-0.3, -0.25) is 14.2 Å². The third-order valence-electron chi connectivity index (χ3n) is 4.80. The predicted molar refractivity (Wildman–Crippen MR) is 123 cm³/mol. The van der Waals surface area contributed by atoms with Gasteiger partial charge >= 0.3 is 5.97 Å². The number of carbonyl (C=O) groups excluding carboxylic acids is 3. The number of methoxy groups -OCH3 is 1. The van der Waals surface area contributed by atoms with E-state index in [1.807, 2.05) is 24.3 Å². The van der Waals surface area contributed by atoms with Gasteiger partial charge in [0.15, 0.2) is 0 Å². The maximum atomic E-state index is 12.7. The molecule has 0 radical (unpaired) electrons. The molecule has 0 fully saturated rings. The topological polar surface area (TPSA) is 86.6 Å². The average molecular weight is 455 g/mol. The molecule has 32 heavy (non-hydrogen) atoms. The van der Waals surface area contributed by atoms with Crippen LogP contribution in [0.5, 0.6) is 5.75 Å². The number of aromatic nitrogens is 1. The molecule has 8 heteroatoms. The Kier molecular flexibility index (Phi) is 7.33. The van der Waals surface area contributed by atoms with Crippen LogP contribution < -0.4 is 10.1 Å². The molecule has 3 aromatic rings. The number of ether oxygens (including phenoxy) is 2. The maximum Gasteiger partial charge on any atom is 0.356 e. The van der Waals surface area contributed by atoms with Gasteiger partial charge in [0.05, 0.1) is 19.2 Å². The summed E-state index contributed by atoms with van der Waals surface area (Å²) < 4.78 is 11.7. The fourth-order valence-corrected chi connectivity index (χ4v) is 3.60. The van der Waals surface area contributed by atoms with Crippen molar-refractivity contribution in [3.05, 3.63) is 70.4 Å².